The van der Waals surface area contributed by atoms with E-state index in [1.54, 1.807) is 0 Å². The maximum Gasteiger partial charge on any atom is 0.351 e. The molecule has 3 rings (SSSR count). The molecule has 0 aliphatic carbocycles. The molecule has 6 nitrogen and oxygen atoms in total. The smallest absolute Gasteiger partial charge is 0.326 e. The molecule has 0 saturated carbocycles. The fourth-order valence-electron chi connectivity index (χ4n) is 1.83. The summed E-state index contributed by atoms with van der Waals surface area (Å²) in [5.41, 5.74) is 0.465. The average Bonchev–Trinajstić information content (AvgIpc) is 2.51. The Bertz CT molecular complexity index is 794. The summed E-state index contributed by atoms with van der Waals surface area (Å²) in [4.78, 5) is 21.8. The summed E-state index contributed by atoms with van der Waals surface area (Å²) in [6.07, 6.45) is 0. The lowest BCUT2D eigenvalue weighted by atomic mass is 10.3. The van der Waals surface area contributed by atoms with Gasteiger partial charge in [-0.2, -0.15) is 9.97 Å². The van der Waals surface area contributed by atoms with Gasteiger partial charge >= 0.3 is 5.69 Å². The van der Waals surface area contributed by atoms with E-state index in [1.165, 1.54) is 48.5 Å². The first-order chi connectivity index (χ1) is 11.1. The molecule has 0 fully saturated rings. The summed E-state index contributed by atoms with van der Waals surface area (Å²) in [6.45, 7) is 0. The van der Waals surface area contributed by atoms with E-state index in [0.29, 0.717) is 11.4 Å². The molecule has 0 spiro atoms. The minimum Gasteiger partial charge on any atom is -0.326 e. The molecule has 1 aromatic heterocycles. The van der Waals surface area contributed by atoms with E-state index in [9.17, 15) is 13.6 Å². The highest BCUT2D eigenvalue weighted by Crippen LogP contribution is 2.15. The molecule has 8 heteroatoms. The first-order valence-corrected chi connectivity index (χ1v) is 6.62. The van der Waals surface area contributed by atoms with Gasteiger partial charge in [-0.1, -0.05) is 0 Å². The summed E-state index contributed by atoms with van der Waals surface area (Å²) in [5, 5.41) is 5.63. The Morgan fingerprint density at radius 3 is 1.87 bits per heavy atom. The number of hydrogen-bond donors (Lipinski definition) is 3. The van der Waals surface area contributed by atoms with Crippen LogP contribution < -0.4 is 16.3 Å². The van der Waals surface area contributed by atoms with Crippen molar-refractivity contribution < 1.29 is 8.78 Å². The predicted molar refractivity (Wildman–Crippen MR) is 82.0 cm³/mol. The molecule has 0 amide bonds. The van der Waals surface area contributed by atoms with E-state index in [1.807, 2.05) is 0 Å². The van der Waals surface area contributed by atoms with E-state index in [2.05, 4.69) is 25.6 Å². The van der Waals surface area contributed by atoms with Crippen molar-refractivity contribution in [1.29, 1.82) is 0 Å². The lowest BCUT2D eigenvalue weighted by Gasteiger charge is -2.08. The molecule has 0 aliphatic rings. The van der Waals surface area contributed by atoms with Gasteiger partial charge in [0.15, 0.2) is 0 Å². The molecule has 23 heavy (non-hydrogen) atoms. The Labute approximate surface area is 129 Å². The van der Waals surface area contributed by atoms with Gasteiger partial charge < -0.3 is 10.6 Å². The zero-order valence-corrected chi connectivity index (χ0v) is 11.7. The molecule has 1 heterocycles. The van der Waals surface area contributed by atoms with Gasteiger partial charge in [0.25, 0.3) is 0 Å². The lowest BCUT2D eigenvalue weighted by molar-refractivity contribution is 0.627. The van der Waals surface area contributed by atoms with E-state index in [-0.39, 0.29) is 23.5 Å². The van der Waals surface area contributed by atoms with Crippen LogP contribution in [0.1, 0.15) is 0 Å². The first-order valence-electron chi connectivity index (χ1n) is 6.62. The molecule has 0 radical (unpaired) electrons. The lowest BCUT2D eigenvalue weighted by Crippen LogP contribution is -2.16. The van der Waals surface area contributed by atoms with Gasteiger partial charge in [-0.05, 0) is 48.5 Å². The van der Waals surface area contributed by atoms with Gasteiger partial charge in [-0.25, -0.2) is 13.6 Å². The minimum absolute atomic E-state index is 0.0463. The Morgan fingerprint density at radius 2 is 1.30 bits per heavy atom. The molecule has 3 aromatic rings. The molecular formula is C15H11F2N5O. The van der Waals surface area contributed by atoms with Crippen LogP contribution in [0.2, 0.25) is 0 Å². The summed E-state index contributed by atoms with van der Waals surface area (Å²) in [6, 6.07) is 11.1. The molecule has 0 bridgehead atoms. The number of anilines is 4. The number of rotatable bonds is 4. The summed E-state index contributed by atoms with van der Waals surface area (Å²) >= 11 is 0. The number of hydrogen-bond acceptors (Lipinski definition) is 5. The molecule has 0 atom stereocenters. The van der Waals surface area contributed by atoms with E-state index < -0.39 is 5.69 Å². The van der Waals surface area contributed by atoms with Gasteiger partial charge in [0.2, 0.25) is 11.9 Å². The number of aromatic amines is 1. The molecular weight excluding hydrogens is 304 g/mol. The van der Waals surface area contributed by atoms with E-state index >= 15 is 0 Å². The van der Waals surface area contributed by atoms with E-state index in [4.69, 9.17) is 0 Å². The maximum atomic E-state index is 12.9. The Balaban J connectivity index is 1.82. The van der Waals surface area contributed by atoms with Crippen molar-refractivity contribution in [1.82, 2.24) is 15.0 Å². The van der Waals surface area contributed by atoms with Crippen LogP contribution >= 0.6 is 0 Å². The third kappa shape index (κ3) is 3.88. The molecule has 116 valence electrons. The van der Waals surface area contributed by atoms with Crippen LogP contribution in [-0.4, -0.2) is 15.0 Å². The van der Waals surface area contributed by atoms with Gasteiger partial charge in [0.1, 0.15) is 11.6 Å². The molecule has 0 unspecified atom stereocenters. The number of halogens is 2. The number of H-pyrrole nitrogens is 1. The Kier molecular flexibility index (Phi) is 3.96. The standard InChI is InChI=1S/C15H11F2N5O/c16-9-1-5-11(6-2-9)18-13-20-14(22-15(23)21-13)19-12-7-3-10(17)4-8-12/h1-8H,(H3,18,19,20,21,22,23). The van der Waals surface area contributed by atoms with Crippen molar-refractivity contribution in [3.05, 3.63) is 70.6 Å². The summed E-state index contributed by atoms with van der Waals surface area (Å²) in [5.74, 6) is -0.558. The van der Waals surface area contributed by atoms with Gasteiger partial charge in [0.05, 0.1) is 0 Å². The van der Waals surface area contributed by atoms with Crippen molar-refractivity contribution in [3.63, 3.8) is 0 Å². The fraction of sp³-hybridized carbons (Fsp3) is 0. The minimum atomic E-state index is -0.616. The van der Waals surface area contributed by atoms with Gasteiger partial charge in [-0.3, -0.25) is 4.98 Å². The second-order valence-electron chi connectivity index (χ2n) is 4.59. The number of nitrogens with zero attached hydrogens (tertiary/aromatic N) is 2. The third-order valence-electron chi connectivity index (χ3n) is 2.86. The number of benzene rings is 2. The van der Waals surface area contributed by atoms with Crippen molar-refractivity contribution in [2.45, 2.75) is 0 Å². The second-order valence-corrected chi connectivity index (χ2v) is 4.59. The maximum absolute atomic E-state index is 12.9. The van der Waals surface area contributed by atoms with Crippen LogP contribution in [0.25, 0.3) is 0 Å². The number of aromatic nitrogens is 3. The van der Waals surface area contributed by atoms with Crippen LogP contribution in [-0.2, 0) is 0 Å². The highest BCUT2D eigenvalue weighted by Gasteiger charge is 2.04. The largest absolute Gasteiger partial charge is 0.351 e. The van der Waals surface area contributed by atoms with Crippen LogP contribution in [0.5, 0.6) is 0 Å². The van der Waals surface area contributed by atoms with Crippen LogP contribution in [0, 0.1) is 11.6 Å². The van der Waals surface area contributed by atoms with Crippen molar-refractivity contribution >= 4 is 23.3 Å². The Hall–Kier alpha value is -3.29. The van der Waals surface area contributed by atoms with Crippen molar-refractivity contribution in [2.75, 3.05) is 10.6 Å². The van der Waals surface area contributed by atoms with Gasteiger partial charge in [0, 0.05) is 11.4 Å². The highest BCUT2D eigenvalue weighted by atomic mass is 19.1. The zero-order valence-electron chi connectivity index (χ0n) is 11.7. The SMILES string of the molecule is O=c1nc(Nc2ccc(F)cc2)nc(Nc2ccc(F)cc2)[nH]1. The molecule has 2 aromatic carbocycles. The monoisotopic (exact) mass is 315 g/mol. The van der Waals surface area contributed by atoms with Gasteiger partial charge in [-0.15, -0.1) is 0 Å². The summed E-state index contributed by atoms with van der Waals surface area (Å²) in [7, 11) is 0. The van der Waals surface area contributed by atoms with E-state index in [0.717, 1.165) is 0 Å². The topological polar surface area (TPSA) is 82.7 Å². The van der Waals surface area contributed by atoms with Crippen LogP contribution in [0.4, 0.5) is 32.1 Å². The fourth-order valence-corrected chi connectivity index (χ4v) is 1.83. The Morgan fingerprint density at radius 1 is 0.783 bits per heavy atom. The highest BCUT2D eigenvalue weighted by molar-refractivity contribution is 5.56. The van der Waals surface area contributed by atoms with Crippen LogP contribution in [0.3, 0.4) is 0 Å². The first kappa shape index (κ1) is 14.6. The second kappa shape index (κ2) is 6.22. The average molecular weight is 315 g/mol. The van der Waals surface area contributed by atoms with Crippen molar-refractivity contribution in [3.8, 4) is 0 Å². The predicted octanol–water partition coefficient (Wildman–Crippen LogP) is 2.93. The molecule has 0 saturated heterocycles. The number of nitrogens with one attached hydrogen (secondary N) is 3. The summed E-state index contributed by atoms with van der Waals surface area (Å²) < 4.78 is 25.8. The zero-order chi connectivity index (χ0) is 16.2. The normalized spacial score (nSPS) is 10.3. The van der Waals surface area contributed by atoms with Crippen molar-refractivity contribution in [2.24, 2.45) is 0 Å². The molecule has 3 N–H and O–H groups in total. The quantitative estimate of drug-likeness (QED) is 0.689. The third-order valence-corrected chi connectivity index (χ3v) is 2.86. The molecule has 0 aliphatic heterocycles. The van der Waals surface area contributed by atoms with Crippen LogP contribution in [0.15, 0.2) is 53.3 Å².